The van der Waals surface area contributed by atoms with E-state index in [0.717, 1.165) is 0 Å². The minimum absolute atomic E-state index is 0.00366. The number of ketones is 2. The minimum Gasteiger partial charge on any atom is -0.497 e. The van der Waals surface area contributed by atoms with Crippen LogP contribution >= 0.6 is 0 Å². The number of benzene rings is 3. The maximum Gasteiger partial charge on any atom is 0.343 e. The molecule has 1 atom stereocenters. The number of rotatable bonds is 3. The van der Waals surface area contributed by atoms with Crippen LogP contribution in [0.2, 0.25) is 0 Å². The third-order valence-electron chi connectivity index (χ3n) is 6.08. The molecule has 0 fully saturated rings. The summed E-state index contributed by atoms with van der Waals surface area (Å²) in [5.74, 6) is -0.694. The van der Waals surface area contributed by atoms with Gasteiger partial charge in [0.1, 0.15) is 17.2 Å². The lowest BCUT2D eigenvalue weighted by molar-refractivity contribution is 0.0731. The molecule has 0 radical (unpaired) electrons. The Kier molecular flexibility index (Phi) is 4.70. The topological polar surface area (TPSA) is 91.3 Å². The predicted octanol–water partition coefficient (Wildman–Crippen LogP) is 4.65. The number of methoxy groups -OCH3 is 1. The van der Waals surface area contributed by atoms with Crippen molar-refractivity contribution >= 4 is 28.9 Å². The summed E-state index contributed by atoms with van der Waals surface area (Å²) in [5, 5.41) is 0. The lowest BCUT2D eigenvalue weighted by Gasteiger charge is -2.28. The lowest BCUT2D eigenvalue weighted by atomic mass is 9.82. The SMILES string of the molecule is COc1ccc(C(=O)Oc2cc3c(c4c2C(=O)c2ccccc2C4=O)N=C2C=CC=CC2O3)cc1. The fourth-order valence-electron chi connectivity index (χ4n) is 4.37. The highest BCUT2D eigenvalue weighted by molar-refractivity contribution is 6.31. The Morgan fingerprint density at radius 3 is 2.37 bits per heavy atom. The fraction of sp³-hybridized carbons (Fsp3) is 0.0714. The Morgan fingerprint density at radius 1 is 0.943 bits per heavy atom. The second kappa shape index (κ2) is 7.92. The number of hydrogen-bond acceptors (Lipinski definition) is 7. The number of ether oxygens (including phenoxy) is 3. The number of allylic oxidation sites excluding steroid dienone is 2. The molecule has 0 saturated heterocycles. The van der Waals surface area contributed by atoms with Crippen LogP contribution in [0.15, 0.2) is 83.9 Å². The average Bonchev–Trinajstić information content (AvgIpc) is 2.90. The molecule has 0 spiro atoms. The first-order valence-corrected chi connectivity index (χ1v) is 10.9. The standard InChI is InChI=1S/C28H17NO6/c1-33-16-12-10-15(11-13-16)28(32)35-21-14-22-25(29-19-8-4-5-9-20(19)34-22)24-23(21)26(30)17-6-2-3-7-18(17)27(24)31/h2-14,20H,1H3. The number of aliphatic imine (C=N–C) groups is 1. The highest BCUT2D eigenvalue weighted by atomic mass is 16.5. The number of carbonyl (C=O) groups excluding carboxylic acids is 3. The highest BCUT2D eigenvalue weighted by Gasteiger charge is 2.39. The van der Waals surface area contributed by atoms with Crippen molar-refractivity contribution in [2.75, 3.05) is 7.11 Å². The Balaban J connectivity index is 1.52. The summed E-state index contributed by atoms with van der Waals surface area (Å²) in [6.45, 7) is 0. The molecule has 35 heavy (non-hydrogen) atoms. The number of hydrogen-bond donors (Lipinski definition) is 0. The van der Waals surface area contributed by atoms with Crippen molar-refractivity contribution in [3.05, 3.63) is 107 Å². The quantitative estimate of drug-likeness (QED) is 0.325. The first kappa shape index (κ1) is 20.8. The van der Waals surface area contributed by atoms with Crippen LogP contribution in [0.5, 0.6) is 17.2 Å². The van der Waals surface area contributed by atoms with E-state index in [-0.39, 0.29) is 50.8 Å². The number of fused-ring (bicyclic) bond motifs is 5. The molecule has 1 aliphatic heterocycles. The molecule has 1 unspecified atom stereocenters. The second-order valence-electron chi connectivity index (χ2n) is 8.11. The number of esters is 1. The molecular weight excluding hydrogens is 446 g/mol. The first-order valence-electron chi connectivity index (χ1n) is 10.9. The van der Waals surface area contributed by atoms with E-state index in [1.807, 2.05) is 18.2 Å². The lowest BCUT2D eigenvalue weighted by Crippen LogP contribution is -2.30. The number of nitrogens with zero attached hydrogens (tertiary/aromatic N) is 1. The molecule has 0 amide bonds. The van der Waals surface area contributed by atoms with E-state index in [2.05, 4.69) is 4.99 Å². The van der Waals surface area contributed by atoms with Gasteiger partial charge >= 0.3 is 5.97 Å². The van der Waals surface area contributed by atoms with Crippen LogP contribution in [0.3, 0.4) is 0 Å². The van der Waals surface area contributed by atoms with Gasteiger partial charge in [-0.1, -0.05) is 36.4 Å². The van der Waals surface area contributed by atoms with Crippen molar-refractivity contribution in [2.45, 2.75) is 6.10 Å². The average molecular weight is 463 g/mol. The van der Waals surface area contributed by atoms with Gasteiger partial charge in [0.15, 0.2) is 23.4 Å². The summed E-state index contributed by atoms with van der Waals surface area (Å²) in [6.07, 6.45) is 6.83. The van der Waals surface area contributed by atoms with Gasteiger partial charge in [0.05, 0.1) is 29.5 Å². The van der Waals surface area contributed by atoms with E-state index in [1.165, 1.54) is 13.2 Å². The molecule has 0 saturated carbocycles. The molecule has 7 nitrogen and oxygen atoms in total. The largest absolute Gasteiger partial charge is 0.497 e. The van der Waals surface area contributed by atoms with Crippen LogP contribution < -0.4 is 14.2 Å². The van der Waals surface area contributed by atoms with Crippen molar-refractivity contribution < 1.29 is 28.6 Å². The van der Waals surface area contributed by atoms with Crippen LogP contribution in [0.4, 0.5) is 5.69 Å². The molecule has 3 aliphatic rings. The van der Waals surface area contributed by atoms with Gasteiger partial charge in [-0.25, -0.2) is 9.79 Å². The van der Waals surface area contributed by atoms with Crippen molar-refractivity contribution in [1.82, 2.24) is 0 Å². The van der Waals surface area contributed by atoms with Gasteiger partial charge in [-0.3, -0.25) is 9.59 Å². The molecule has 0 N–H and O–H groups in total. The molecule has 0 aromatic heterocycles. The minimum atomic E-state index is -0.686. The molecule has 0 bridgehead atoms. The van der Waals surface area contributed by atoms with Crippen molar-refractivity contribution in [1.29, 1.82) is 0 Å². The van der Waals surface area contributed by atoms with Crippen LogP contribution in [0.1, 0.15) is 42.2 Å². The van der Waals surface area contributed by atoms with Gasteiger partial charge in [0, 0.05) is 17.2 Å². The van der Waals surface area contributed by atoms with Crippen LogP contribution in [-0.4, -0.2) is 36.5 Å². The van der Waals surface area contributed by atoms with E-state index >= 15 is 0 Å². The van der Waals surface area contributed by atoms with Crippen LogP contribution in [0.25, 0.3) is 0 Å². The zero-order valence-electron chi connectivity index (χ0n) is 18.5. The smallest absolute Gasteiger partial charge is 0.343 e. The molecular formula is C28H17NO6. The van der Waals surface area contributed by atoms with Gasteiger partial charge in [-0.05, 0) is 36.4 Å². The molecule has 170 valence electrons. The van der Waals surface area contributed by atoms with Crippen LogP contribution in [0, 0.1) is 0 Å². The van der Waals surface area contributed by atoms with E-state index in [9.17, 15) is 14.4 Å². The maximum absolute atomic E-state index is 13.6. The van der Waals surface area contributed by atoms with Gasteiger partial charge in [0.2, 0.25) is 0 Å². The fourth-order valence-corrected chi connectivity index (χ4v) is 4.37. The molecule has 3 aromatic rings. The highest BCUT2D eigenvalue weighted by Crippen LogP contribution is 2.47. The summed E-state index contributed by atoms with van der Waals surface area (Å²) in [6, 6.07) is 14.4. The second-order valence-corrected chi connectivity index (χ2v) is 8.11. The van der Waals surface area contributed by atoms with Crippen LogP contribution in [-0.2, 0) is 0 Å². The normalized spacial score (nSPS) is 16.8. The zero-order chi connectivity index (χ0) is 24.1. The van der Waals surface area contributed by atoms with Gasteiger partial charge < -0.3 is 14.2 Å². The monoisotopic (exact) mass is 463 g/mol. The van der Waals surface area contributed by atoms with Crippen molar-refractivity contribution in [3.63, 3.8) is 0 Å². The Morgan fingerprint density at radius 2 is 1.66 bits per heavy atom. The Labute approximate surface area is 200 Å². The van der Waals surface area contributed by atoms with E-state index < -0.39 is 17.9 Å². The van der Waals surface area contributed by atoms with Gasteiger partial charge in [-0.2, -0.15) is 0 Å². The first-order chi connectivity index (χ1) is 17.0. The molecule has 7 heteroatoms. The van der Waals surface area contributed by atoms with Crippen molar-refractivity contribution in [2.24, 2.45) is 4.99 Å². The summed E-state index contributed by atoms with van der Waals surface area (Å²) in [5.41, 5.74) is 1.71. The third-order valence-corrected chi connectivity index (χ3v) is 6.08. The van der Waals surface area contributed by atoms with Gasteiger partial charge in [-0.15, -0.1) is 0 Å². The summed E-state index contributed by atoms with van der Waals surface area (Å²) < 4.78 is 16.9. The summed E-state index contributed by atoms with van der Waals surface area (Å²) >= 11 is 0. The van der Waals surface area contributed by atoms with E-state index in [4.69, 9.17) is 14.2 Å². The third kappa shape index (κ3) is 3.28. The zero-order valence-corrected chi connectivity index (χ0v) is 18.5. The van der Waals surface area contributed by atoms with Crippen molar-refractivity contribution in [3.8, 4) is 17.2 Å². The predicted molar refractivity (Wildman–Crippen MR) is 127 cm³/mol. The number of carbonyl (C=O) groups is 3. The van der Waals surface area contributed by atoms with Gasteiger partial charge in [0.25, 0.3) is 0 Å². The Hall–Kier alpha value is -4.78. The Bertz CT molecular complexity index is 1530. The molecule has 1 heterocycles. The molecule has 3 aromatic carbocycles. The van der Waals surface area contributed by atoms with E-state index in [1.54, 1.807) is 54.6 Å². The summed E-state index contributed by atoms with van der Waals surface area (Å²) in [7, 11) is 1.53. The summed E-state index contributed by atoms with van der Waals surface area (Å²) in [4.78, 5) is 44.8. The van der Waals surface area contributed by atoms with E-state index in [0.29, 0.717) is 11.5 Å². The molecule has 2 aliphatic carbocycles. The molecule has 6 rings (SSSR count). The maximum atomic E-state index is 13.6.